The van der Waals surface area contributed by atoms with E-state index >= 15 is 0 Å². The Labute approximate surface area is 162 Å². The second kappa shape index (κ2) is 9.46. The van der Waals surface area contributed by atoms with Gasteiger partial charge in [-0.3, -0.25) is 4.79 Å². The van der Waals surface area contributed by atoms with Crippen molar-refractivity contribution in [3.63, 3.8) is 0 Å². The molecule has 4 nitrogen and oxygen atoms in total. The standard InChI is InChI=1S/C22H23F2NO3/c1-2-3-8-27-9-10-28-22-13-17(24)5-4-15(22)11-21(26)19-14-25-20-12-16(23)6-7-18(19)20/h4-7,12-14,25H,2-3,8-11H2,1H3. The van der Waals surface area contributed by atoms with E-state index in [9.17, 15) is 13.6 Å². The lowest BCUT2D eigenvalue weighted by molar-refractivity contribution is 0.0963. The van der Waals surface area contributed by atoms with E-state index in [0.29, 0.717) is 41.0 Å². The second-order valence-corrected chi connectivity index (χ2v) is 6.56. The Bertz CT molecular complexity index is 952. The van der Waals surface area contributed by atoms with Gasteiger partial charge in [-0.2, -0.15) is 0 Å². The van der Waals surface area contributed by atoms with Crippen molar-refractivity contribution in [2.45, 2.75) is 26.2 Å². The summed E-state index contributed by atoms with van der Waals surface area (Å²) in [7, 11) is 0. The van der Waals surface area contributed by atoms with E-state index in [4.69, 9.17) is 9.47 Å². The number of unbranched alkanes of at least 4 members (excludes halogenated alkanes) is 1. The number of rotatable bonds is 10. The Morgan fingerprint density at radius 2 is 1.82 bits per heavy atom. The Hall–Kier alpha value is -2.73. The van der Waals surface area contributed by atoms with Crippen LogP contribution in [0.2, 0.25) is 0 Å². The lowest BCUT2D eigenvalue weighted by Gasteiger charge is -2.12. The molecule has 3 aromatic rings. The molecule has 0 radical (unpaired) electrons. The molecule has 1 heterocycles. The number of carbonyl (C=O) groups excluding carboxylic acids is 1. The molecule has 0 aliphatic carbocycles. The van der Waals surface area contributed by atoms with Crippen LogP contribution in [0.25, 0.3) is 10.9 Å². The zero-order valence-corrected chi connectivity index (χ0v) is 15.8. The number of H-pyrrole nitrogens is 1. The van der Waals surface area contributed by atoms with Gasteiger partial charge in [0.15, 0.2) is 5.78 Å². The predicted octanol–water partition coefficient (Wildman–Crippen LogP) is 5.07. The summed E-state index contributed by atoms with van der Waals surface area (Å²) < 4.78 is 38.1. The Balaban J connectivity index is 1.69. The quantitative estimate of drug-likeness (QED) is 0.390. The van der Waals surface area contributed by atoms with Crippen LogP contribution in [0.15, 0.2) is 42.6 Å². The molecule has 0 atom stereocenters. The SMILES string of the molecule is CCCCOCCOc1cc(F)ccc1CC(=O)c1c[nH]c2cc(F)ccc12. The predicted molar refractivity (Wildman–Crippen MR) is 104 cm³/mol. The van der Waals surface area contributed by atoms with Gasteiger partial charge < -0.3 is 14.5 Å². The zero-order valence-electron chi connectivity index (χ0n) is 15.8. The number of nitrogens with one attached hydrogen (secondary N) is 1. The number of halogens is 2. The van der Waals surface area contributed by atoms with E-state index in [1.807, 2.05) is 0 Å². The number of ketones is 1. The number of benzene rings is 2. The van der Waals surface area contributed by atoms with Crippen LogP contribution in [-0.2, 0) is 11.2 Å². The summed E-state index contributed by atoms with van der Waals surface area (Å²) in [5, 5.41) is 0.653. The highest BCUT2D eigenvalue weighted by Crippen LogP contribution is 2.25. The van der Waals surface area contributed by atoms with Crippen LogP contribution < -0.4 is 4.74 Å². The summed E-state index contributed by atoms with van der Waals surface area (Å²) in [6, 6.07) is 8.37. The number of aromatic nitrogens is 1. The van der Waals surface area contributed by atoms with Crippen LogP contribution in [0.5, 0.6) is 5.75 Å². The topological polar surface area (TPSA) is 51.3 Å². The molecule has 0 amide bonds. The van der Waals surface area contributed by atoms with Crippen LogP contribution in [0.3, 0.4) is 0 Å². The summed E-state index contributed by atoms with van der Waals surface area (Å²) >= 11 is 0. The number of fused-ring (bicyclic) bond motifs is 1. The molecule has 1 aromatic heterocycles. The Morgan fingerprint density at radius 3 is 2.64 bits per heavy atom. The molecule has 0 saturated heterocycles. The number of carbonyl (C=O) groups is 1. The lowest BCUT2D eigenvalue weighted by atomic mass is 10.0. The van der Waals surface area contributed by atoms with Gasteiger partial charge in [-0.1, -0.05) is 19.4 Å². The van der Waals surface area contributed by atoms with E-state index in [1.54, 1.807) is 18.3 Å². The second-order valence-electron chi connectivity index (χ2n) is 6.56. The molecular formula is C22H23F2NO3. The van der Waals surface area contributed by atoms with E-state index in [2.05, 4.69) is 11.9 Å². The minimum atomic E-state index is -0.430. The van der Waals surface area contributed by atoms with Crippen LogP contribution in [0.1, 0.15) is 35.7 Å². The normalized spacial score (nSPS) is 11.1. The van der Waals surface area contributed by atoms with Crippen molar-refractivity contribution in [1.82, 2.24) is 4.98 Å². The molecule has 0 aliphatic heterocycles. The molecule has 3 rings (SSSR count). The van der Waals surface area contributed by atoms with E-state index < -0.39 is 5.82 Å². The van der Waals surface area contributed by atoms with Crippen molar-refractivity contribution in [3.8, 4) is 5.75 Å². The highest BCUT2D eigenvalue weighted by molar-refractivity contribution is 6.08. The monoisotopic (exact) mass is 387 g/mol. The fourth-order valence-electron chi connectivity index (χ4n) is 2.97. The fourth-order valence-corrected chi connectivity index (χ4v) is 2.97. The molecule has 1 N–H and O–H groups in total. The summed E-state index contributed by atoms with van der Waals surface area (Å²) in [4.78, 5) is 15.7. The van der Waals surface area contributed by atoms with E-state index in [-0.39, 0.29) is 24.6 Å². The van der Waals surface area contributed by atoms with Crippen molar-refractivity contribution >= 4 is 16.7 Å². The summed E-state index contributed by atoms with van der Waals surface area (Å²) in [6.07, 6.45) is 3.65. The highest BCUT2D eigenvalue weighted by Gasteiger charge is 2.16. The maximum atomic E-state index is 13.6. The van der Waals surface area contributed by atoms with Crippen molar-refractivity contribution < 1.29 is 23.0 Å². The van der Waals surface area contributed by atoms with Crippen molar-refractivity contribution in [2.75, 3.05) is 19.8 Å². The third kappa shape index (κ3) is 4.95. The molecule has 0 fully saturated rings. The van der Waals surface area contributed by atoms with Gasteiger partial charge >= 0.3 is 0 Å². The maximum absolute atomic E-state index is 13.6. The number of hydrogen-bond acceptors (Lipinski definition) is 3. The molecule has 0 bridgehead atoms. The third-order valence-electron chi connectivity index (χ3n) is 4.45. The number of aromatic amines is 1. The Morgan fingerprint density at radius 1 is 1.04 bits per heavy atom. The Kier molecular flexibility index (Phi) is 6.76. The molecule has 0 aliphatic rings. The number of ether oxygens (including phenoxy) is 2. The largest absolute Gasteiger partial charge is 0.491 e. The number of hydrogen-bond donors (Lipinski definition) is 1. The highest BCUT2D eigenvalue weighted by atomic mass is 19.1. The fraction of sp³-hybridized carbons (Fsp3) is 0.318. The average Bonchev–Trinajstić information content (AvgIpc) is 3.09. The minimum absolute atomic E-state index is 0.0522. The van der Waals surface area contributed by atoms with Crippen molar-refractivity contribution in [3.05, 3.63) is 65.4 Å². The van der Waals surface area contributed by atoms with E-state index in [0.717, 1.165) is 12.8 Å². The first-order chi connectivity index (χ1) is 13.6. The summed E-state index contributed by atoms with van der Waals surface area (Å²) in [5.41, 5.74) is 1.62. The van der Waals surface area contributed by atoms with Gasteiger partial charge in [0.2, 0.25) is 0 Å². The van der Waals surface area contributed by atoms with Crippen LogP contribution >= 0.6 is 0 Å². The molecular weight excluding hydrogens is 364 g/mol. The first-order valence-electron chi connectivity index (χ1n) is 9.37. The zero-order chi connectivity index (χ0) is 19.9. The molecule has 6 heteroatoms. The van der Waals surface area contributed by atoms with Gasteiger partial charge in [0.1, 0.15) is 24.0 Å². The van der Waals surface area contributed by atoms with Gasteiger partial charge in [-0.15, -0.1) is 0 Å². The van der Waals surface area contributed by atoms with Crippen molar-refractivity contribution in [2.24, 2.45) is 0 Å². The lowest BCUT2D eigenvalue weighted by Crippen LogP contribution is -2.10. The van der Waals surface area contributed by atoms with E-state index in [1.165, 1.54) is 24.3 Å². The number of Topliss-reactive ketones (excluding diaryl/α,β-unsaturated/α-hetero) is 1. The molecule has 0 saturated carbocycles. The molecule has 0 unspecified atom stereocenters. The van der Waals surface area contributed by atoms with Crippen molar-refractivity contribution in [1.29, 1.82) is 0 Å². The maximum Gasteiger partial charge on any atom is 0.169 e. The average molecular weight is 387 g/mol. The van der Waals surface area contributed by atoms with Gasteiger partial charge in [-0.05, 0) is 30.7 Å². The molecule has 28 heavy (non-hydrogen) atoms. The molecule has 148 valence electrons. The molecule has 2 aromatic carbocycles. The van der Waals surface area contributed by atoms with Gasteiger partial charge in [0.25, 0.3) is 0 Å². The van der Waals surface area contributed by atoms with Gasteiger partial charge in [0.05, 0.1) is 6.61 Å². The van der Waals surface area contributed by atoms with Crippen LogP contribution in [-0.4, -0.2) is 30.6 Å². The summed E-state index contributed by atoms with van der Waals surface area (Å²) in [5.74, 6) is -0.628. The smallest absolute Gasteiger partial charge is 0.169 e. The third-order valence-corrected chi connectivity index (χ3v) is 4.45. The minimum Gasteiger partial charge on any atom is -0.491 e. The van der Waals surface area contributed by atoms with Crippen LogP contribution in [0, 0.1) is 11.6 Å². The van der Waals surface area contributed by atoms with Gasteiger partial charge in [-0.25, -0.2) is 8.78 Å². The molecule has 0 spiro atoms. The first-order valence-corrected chi connectivity index (χ1v) is 9.37. The van der Waals surface area contributed by atoms with Gasteiger partial charge in [0, 0.05) is 47.3 Å². The summed E-state index contributed by atoms with van der Waals surface area (Å²) in [6.45, 7) is 3.42. The van der Waals surface area contributed by atoms with Crippen LogP contribution in [0.4, 0.5) is 8.78 Å². The first kappa shape index (κ1) is 20.0.